The maximum atomic E-state index is 10.2. The van der Waals surface area contributed by atoms with Crippen molar-refractivity contribution in [3.8, 4) is 0 Å². The van der Waals surface area contributed by atoms with Crippen LogP contribution in [0.5, 0.6) is 0 Å². The van der Waals surface area contributed by atoms with E-state index in [-0.39, 0.29) is 18.3 Å². The molecule has 0 fully saturated rings. The van der Waals surface area contributed by atoms with Crippen molar-refractivity contribution in [3.05, 3.63) is 18.1 Å². The molecule has 0 spiro atoms. The molecular formula is C7H12N2O4. The Labute approximate surface area is 75.0 Å². The molecule has 0 unspecified atom stereocenters. The van der Waals surface area contributed by atoms with Crippen LogP contribution in [0.2, 0.25) is 0 Å². The number of anilines is 1. The highest BCUT2D eigenvalue weighted by Crippen LogP contribution is 2.16. The van der Waals surface area contributed by atoms with Crippen LogP contribution in [0, 0.1) is 0 Å². The average Bonchev–Trinajstić information content (AvgIpc) is 2.37. The van der Waals surface area contributed by atoms with Crippen LogP contribution in [-0.4, -0.2) is 13.1 Å². The number of hydrogen-bond donors (Lipinski definition) is 2. The van der Waals surface area contributed by atoms with Crippen LogP contribution in [0.25, 0.3) is 0 Å². The lowest BCUT2D eigenvalue weighted by Gasteiger charge is -2.03. The highest BCUT2D eigenvalue weighted by molar-refractivity contribution is 5.69. The molecular weight excluding hydrogens is 176 g/mol. The van der Waals surface area contributed by atoms with Gasteiger partial charge in [-0.05, 0) is 0 Å². The van der Waals surface area contributed by atoms with Crippen LogP contribution in [0.3, 0.4) is 0 Å². The second-order valence-electron chi connectivity index (χ2n) is 2.11. The topological polar surface area (TPSA) is 111 Å². The Morgan fingerprint density at radius 3 is 3.00 bits per heavy atom. The molecule has 0 bridgehead atoms. The Morgan fingerprint density at radius 2 is 2.46 bits per heavy atom. The van der Waals surface area contributed by atoms with E-state index < -0.39 is 5.97 Å². The zero-order chi connectivity index (χ0) is 8.97. The third-order valence-corrected chi connectivity index (χ3v) is 1.26. The fraction of sp³-hybridized carbons (Fsp3) is 0.286. The summed E-state index contributed by atoms with van der Waals surface area (Å²) in [7, 11) is 1.43. The highest BCUT2D eigenvalue weighted by atomic mass is 16.6. The van der Waals surface area contributed by atoms with Gasteiger partial charge in [-0.3, -0.25) is 10.3 Å². The van der Waals surface area contributed by atoms with Crippen molar-refractivity contribution in [3.63, 3.8) is 0 Å². The van der Waals surface area contributed by atoms with E-state index in [0.29, 0.717) is 5.69 Å². The molecule has 0 amide bonds. The third-order valence-electron chi connectivity index (χ3n) is 1.26. The Bertz CT molecular complexity index is 271. The first-order valence-corrected chi connectivity index (χ1v) is 3.29. The minimum absolute atomic E-state index is 0. The summed E-state index contributed by atoms with van der Waals surface area (Å²) in [6.45, 7) is 0. The Morgan fingerprint density at radius 1 is 1.77 bits per heavy atom. The number of rotatable bonds is 4. The summed E-state index contributed by atoms with van der Waals surface area (Å²) in [6.07, 6.45) is 1.11. The first-order valence-electron chi connectivity index (χ1n) is 3.29. The number of nitrogens with one attached hydrogen (secondary N) is 1. The summed E-state index contributed by atoms with van der Waals surface area (Å²) < 4.78 is 4.86. The van der Waals surface area contributed by atoms with Crippen molar-refractivity contribution < 1.29 is 19.2 Å². The molecule has 5 N–H and O–H groups in total. The van der Waals surface area contributed by atoms with Gasteiger partial charge in [0.2, 0.25) is 0 Å². The van der Waals surface area contributed by atoms with E-state index in [1.165, 1.54) is 13.4 Å². The molecule has 6 nitrogen and oxygen atoms in total. The molecule has 1 rings (SSSR count). The second-order valence-corrected chi connectivity index (χ2v) is 2.11. The lowest BCUT2D eigenvalue weighted by atomic mass is 10.3. The van der Waals surface area contributed by atoms with Crippen LogP contribution in [0.1, 0.15) is 5.76 Å². The summed E-state index contributed by atoms with van der Waals surface area (Å²) >= 11 is 0. The first-order chi connectivity index (χ1) is 5.74. The molecule has 1 aromatic rings. The maximum absolute atomic E-state index is 10.2. The number of aliphatic carboxylic acids is 1. The van der Waals surface area contributed by atoms with Crippen molar-refractivity contribution in [1.82, 2.24) is 6.15 Å². The van der Waals surface area contributed by atoms with Gasteiger partial charge in [0.1, 0.15) is 11.4 Å². The smallest absolute Gasteiger partial charge is 0.134 e. The van der Waals surface area contributed by atoms with Gasteiger partial charge in [0, 0.05) is 18.5 Å². The van der Waals surface area contributed by atoms with E-state index in [9.17, 15) is 9.90 Å². The Balaban J connectivity index is 0.00000144. The van der Waals surface area contributed by atoms with E-state index in [1.807, 2.05) is 0 Å². The van der Waals surface area contributed by atoms with Gasteiger partial charge >= 0.3 is 0 Å². The lowest BCUT2D eigenvalue weighted by molar-refractivity contribution is -0.305. The van der Waals surface area contributed by atoms with Gasteiger partial charge < -0.3 is 20.5 Å². The minimum Gasteiger partial charge on any atom is -0.550 e. The van der Waals surface area contributed by atoms with E-state index in [2.05, 4.69) is 10.3 Å². The molecule has 0 aromatic carbocycles. The fourth-order valence-electron chi connectivity index (χ4n) is 0.810. The van der Waals surface area contributed by atoms with Crippen molar-refractivity contribution >= 4 is 11.7 Å². The first kappa shape index (κ1) is 11.5. The fourth-order valence-corrected chi connectivity index (χ4v) is 0.810. The van der Waals surface area contributed by atoms with Crippen molar-refractivity contribution in [1.29, 1.82) is 0 Å². The number of hydrogen-bond acceptors (Lipinski definition) is 5. The summed E-state index contributed by atoms with van der Waals surface area (Å²) in [4.78, 5) is 14.8. The van der Waals surface area contributed by atoms with Crippen LogP contribution in [-0.2, 0) is 16.1 Å². The quantitative estimate of drug-likeness (QED) is 0.642. The summed E-state index contributed by atoms with van der Waals surface area (Å²) in [5.74, 6) is -0.902. The van der Waals surface area contributed by atoms with Crippen molar-refractivity contribution in [2.45, 2.75) is 6.42 Å². The van der Waals surface area contributed by atoms with E-state index in [1.54, 1.807) is 6.07 Å². The molecule has 0 atom stereocenters. The Hall–Kier alpha value is -1.53. The van der Waals surface area contributed by atoms with Gasteiger partial charge in [0.25, 0.3) is 0 Å². The normalized spacial score (nSPS) is 9.00. The number of carboxylic acids is 1. The van der Waals surface area contributed by atoms with Gasteiger partial charge in [-0.25, -0.2) is 0 Å². The predicted octanol–water partition coefficient (Wildman–Crippen LogP) is -0.0785. The third kappa shape index (κ3) is 3.14. The van der Waals surface area contributed by atoms with Gasteiger partial charge in [0.15, 0.2) is 0 Å². The Kier molecular flexibility index (Phi) is 4.57. The number of carboxylic acid groups (broad SMARTS) is 1. The van der Waals surface area contributed by atoms with Crippen LogP contribution < -0.4 is 16.7 Å². The number of furan rings is 1. The maximum Gasteiger partial charge on any atom is 0.134 e. The molecule has 0 aliphatic rings. The molecule has 74 valence electrons. The second kappa shape index (κ2) is 5.18. The largest absolute Gasteiger partial charge is 0.550 e. The molecule has 0 saturated heterocycles. The van der Waals surface area contributed by atoms with Gasteiger partial charge in [-0.2, -0.15) is 0 Å². The molecule has 0 aliphatic carbocycles. The van der Waals surface area contributed by atoms with Crippen molar-refractivity contribution in [2.24, 2.45) is 0 Å². The molecule has 1 heterocycles. The SMILES string of the molecule is CONc1ccoc1CC(=O)[O-].[NH4+]. The van der Waals surface area contributed by atoms with Gasteiger partial charge in [0.05, 0.1) is 13.4 Å². The van der Waals surface area contributed by atoms with E-state index >= 15 is 0 Å². The summed E-state index contributed by atoms with van der Waals surface area (Å²) in [5, 5.41) is 10.2. The van der Waals surface area contributed by atoms with Gasteiger partial charge in [-0.15, -0.1) is 0 Å². The predicted molar refractivity (Wildman–Crippen MR) is 44.0 cm³/mol. The summed E-state index contributed by atoms with van der Waals surface area (Å²) in [5.41, 5.74) is 2.98. The standard InChI is InChI=1S/C7H9NO4.H3N/c1-11-8-5-2-3-12-6(5)4-7(9)10;/h2-3,8H,4H2,1H3,(H,9,10);1H3. The number of carbonyl (C=O) groups excluding carboxylic acids is 1. The molecule has 1 aromatic heterocycles. The van der Waals surface area contributed by atoms with Crippen LogP contribution >= 0.6 is 0 Å². The molecule has 0 saturated carbocycles. The van der Waals surface area contributed by atoms with Crippen molar-refractivity contribution in [2.75, 3.05) is 12.6 Å². The zero-order valence-electron chi connectivity index (χ0n) is 7.49. The average molecular weight is 188 g/mol. The molecule has 6 heteroatoms. The van der Waals surface area contributed by atoms with Crippen LogP contribution in [0.4, 0.5) is 5.69 Å². The molecule has 0 radical (unpaired) electrons. The molecule has 13 heavy (non-hydrogen) atoms. The van der Waals surface area contributed by atoms with E-state index in [4.69, 9.17) is 4.42 Å². The highest BCUT2D eigenvalue weighted by Gasteiger charge is 2.05. The summed E-state index contributed by atoms with van der Waals surface area (Å²) in [6, 6.07) is 1.57. The molecule has 0 aliphatic heterocycles. The number of carbonyl (C=O) groups is 1. The minimum atomic E-state index is -1.19. The van der Waals surface area contributed by atoms with E-state index in [0.717, 1.165) is 0 Å². The lowest BCUT2D eigenvalue weighted by Crippen LogP contribution is -2.24. The number of quaternary nitrogens is 1. The van der Waals surface area contributed by atoms with Crippen LogP contribution in [0.15, 0.2) is 16.7 Å². The monoisotopic (exact) mass is 188 g/mol. The zero-order valence-corrected chi connectivity index (χ0v) is 7.49. The van der Waals surface area contributed by atoms with Gasteiger partial charge in [-0.1, -0.05) is 0 Å².